The van der Waals surface area contributed by atoms with Crippen molar-refractivity contribution in [3.63, 3.8) is 0 Å². The molecule has 320 valence electrons. The Morgan fingerprint density at radius 3 is 2.09 bits per heavy atom. The summed E-state index contributed by atoms with van der Waals surface area (Å²) < 4.78 is 6.18. The Morgan fingerprint density at radius 1 is 0.842 bits per heavy atom. The second-order valence-electron chi connectivity index (χ2n) is 19.1. The quantitative estimate of drug-likeness (QED) is 0.0465. The molecule has 1 aromatic carbocycles. The fourth-order valence-electron chi connectivity index (χ4n) is 13.2. The molecule has 7 nitrogen and oxygen atoms in total. The Labute approximate surface area is 345 Å². The lowest BCUT2D eigenvalue weighted by Crippen LogP contribution is -2.67. The van der Waals surface area contributed by atoms with E-state index in [-0.39, 0.29) is 69.6 Å². The molecule has 5 saturated carbocycles. The van der Waals surface area contributed by atoms with Gasteiger partial charge in [-0.1, -0.05) is 86.3 Å². The van der Waals surface area contributed by atoms with Crippen LogP contribution in [-0.4, -0.2) is 44.2 Å². The number of aliphatic hydroxyl groups is 3. The van der Waals surface area contributed by atoms with E-state index in [1.807, 2.05) is 13.8 Å². The summed E-state index contributed by atoms with van der Waals surface area (Å²) in [6.07, 6.45) is 17.3. The molecule has 1 aromatic rings. The normalized spacial score (nSPS) is 36.6. The summed E-state index contributed by atoms with van der Waals surface area (Å²) in [5.41, 5.74) is 3.31. The number of phenols is 2. The number of carbonyl (C=O) groups is 1. The van der Waals surface area contributed by atoms with Crippen LogP contribution in [0.1, 0.15) is 146 Å². The molecular formula is C50H78O7. The van der Waals surface area contributed by atoms with Crippen molar-refractivity contribution in [1.29, 1.82) is 0 Å². The highest BCUT2D eigenvalue weighted by atomic mass is 16.5. The summed E-state index contributed by atoms with van der Waals surface area (Å²) >= 11 is 0. The van der Waals surface area contributed by atoms with Crippen molar-refractivity contribution in [1.82, 2.24) is 0 Å². The number of ether oxygens (including phenoxy) is 1. The fourth-order valence-corrected chi connectivity index (χ4v) is 13.2. The Balaban J connectivity index is 0.000000587. The molecule has 0 saturated heterocycles. The van der Waals surface area contributed by atoms with Gasteiger partial charge in [-0.2, -0.15) is 0 Å². The van der Waals surface area contributed by atoms with Crippen LogP contribution in [0.15, 0.2) is 72.2 Å². The van der Waals surface area contributed by atoms with Crippen LogP contribution in [0.3, 0.4) is 0 Å². The molecule has 5 aliphatic carbocycles. The standard InChI is InChI=1S/C39H56O5.C8H12O2.C2H6.CH4/c1-24(2)26-14-19-39(23-40)21-20-37(6)27(34(26)39)10-12-31-36(5)17-16-32(35(3,4)30(36)15-18-38(31,37)7)44-33(43)13-9-25-8-11-28(41)29(42)22-25;1-4-7(9)8(10)5-6(2)3;1-2;/h8-9,11,13,22,26-27,30-32,34,40-42H,1,10,12,14-21,23H2,2-7H3;4-5,9-10H,2H2,1,3H3;1-2H3;1H4/b13-9+;7-4+,8-5+;;/t26-,27?,30?,31?,32-,34?,36-,37+,38+,39+;;;/m0.../s1. The second-order valence-corrected chi connectivity index (χ2v) is 19.1. The molecule has 0 amide bonds. The molecule has 4 unspecified atom stereocenters. The van der Waals surface area contributed by atoms with Crippen molar-refractivity contribution in [2.45, 2.75) is 147 Å². The van der Waals surface area contributed by atoms with Crippen LogP contribution >= 0.6 is 0 Å². The number of phenolic OH excluding ortho intramolecular Hbond substituents is 2. The van der Waals surface area contributed by atoms with Gasteiger partial charge in [-0.05, 0) is 172 Å². The van der Waals surface area contributed by atoms with E-state index in [0.29, 0.717) is 47.3 Å². The van der Waals surface area contributed by atoms with Crippen LogP contribution in [0, 0.1) is 56.7 Å². The van der Waals surface area contributed by atoms with E-state index >= 15 is 0 Å². The minimum Gasteiger partial charge on any atom is -0.504 e. The third-order valence-corrected chi connectivity index (χ3v) is 16.1. The van der Waals surface area contributed by atoms with Crippen LogP contribution in [0.5, 0.6) is 11.5 Å². The lowest BCUT2D eigenvalue weighted by Gasteiger charge is -2.73. The average molecular weight is 791 g/mol. The van der Waals surface area contributed by atoms with Gasteiger partial charge in [-0.15, -0.1) is 0 Å². The van der Waals surface area contributed by atoms with Crippen LogP contribution in [0.25, 0.3) is 6.08 Å². The van der Waals surface area contributed by atoms with Crippen LogP contribution in [-0.2, 0) is 9.53 Å². The number of esters is 1. The number of benzene rings is 1. The molecule has 5 fully saturated rings. The SMILES string of the molecule is C.C=C(C)/C=C(O)\C(O)=C/C.C=C(C)[C@@H]1CC[C@]2(CO)CC[C@]3(C)C(CCC4[C@@]5(C)CC[C@H](OC(=O)/C=C/c6ccc(O)c(O)c6)C(C)(C)C5CC[C@]43C)C12.CC. The highest BCUT2D eigenvalue weighted by Gasteiger charge is 2.71. The van der Waals surface area contributed by atoms with Gasteiger partial charge in [0.25, 0.3) is 0 Å². The van der Waals surface area contributed by atoms with E-state index in [1.165, 1.54) is 68.0 Å². The van der Waals surface area contributed by atoms with Crippen molar-refractivity contribution < 1.29 is 35.1 Å². The number of carbonyl (C=O) groups excluding carboxylic acids is 1. The summed E-state index contributed by atoms with van der Waals surface area (Å²) in [6, 6.07) is 4.51. The third kappa shape index (κ3) is 8.66. The predicted octanol–water partition coefficient (Wildman–Crippen LogP) is 12.8. The van der Waals surface area contributed by atoms with E-state index in [4.69, 9.17) is 14.9 Å². The molecular weight excluding hydrogens is 713 g/mol. The lowest BCUT2D eigenvalue weighted by molar-refractivity contribution is -0.251. The van der Waals surface area contributed by atoms with Gasteiger partial charge in [0.1, 0.15) is 6.10 Å². The van der Waals surface area contributed by atoms with E-state index < -0.39 is 0 Å². The Morgan fingerprint density at radius 2 is 1.51 bits per heavy atom. The summed E-state index contributed by atoms with van der Waals surface area (Å²) in [6.45, 7) is 30.4. The Hall–Kier alpha value is -3.45. The number of aromatic hydroxyl groups is 2. The van der Waals surface area contributed by atoms with Gasteiger partial charge in [-0.25, -0.2) is 4.79 Å². The first-order chi connectivity index (χ1) is 26.2. The molecule has 10 atom stereocenters. The van der Waals surface area contributed by atoms with Crippen molar-refractivity contribution in [2.75, 3.05) is 6.61 Å². The summed E-state index contributed by atoms with van der Waals surface area (Å²) in [7, 11) is 0. The number of rotatable bonds is 7. The maximum atomic E-state index is 13.0. The number of hydrogen-bond donors (Lipinski definition) is 5. The molecule has 0 radical (unpaired) electrons. The van der Waals surface area contributed by atoms with Crippen molar-refractivity contribution in [3.05, 3.63) is 77.8 Å². The number of aliphatic hydroxyl groups excluding tert-OH is 3. The second kappa shape index (κ2) is 18.2. The van der Waals surface area contributed by atoms with Gasteiger partial charge < -0.3 is 30.3 Å². The Kier molecular flexibility index (Phi) is 15.3. The molecule has 0 spiro atoms. The van der Waals surface area contributed by atoms with E-state index in [2.05, 4.69) is 54.7 Å². The van der Waals surface area contributed by atoms with Gasteiger partial charge in [0.2, 0.25) is 0 Å². The molecule has 5 N–H and O–H groups in total. The highest BCUT2D eigenvalue weighted by Crippen LogP contribution is 2.77. The highest BCUT2D eigenvalue weighted by molar-refractivity contribution is 5.87. The maximum absolute atomic E-state index is 13.0. The van der Waals surface area contributed by atoms with Gasteiger partial charge in [0, 0.05) is 18.1 Å². The molecule has 0 heterocycles. The smallest absolute Gasteiger partial charge is 0.331 e. The Bertz CT molecular complexity index is 1700. The maximum Gasteiger partial charge on any atom is 0.331 e. The predicted molar refractivity (Wildman–Crippen MR) is 235 cm³/mol. The zero-order valence-corrected chi connectivity index (χ0v) is 36.3. The molecule has 5 aliphatic rings. The number of allylic oxidation sites excluding steroid dienone is 4. The molecule has 57 heavy (non-hydrogen) atoms. The van der Waals surface area contributed by atoms with Gasteiger partial charge in [0.05, 0.1) is 0 Å². The zero-order chi connectivity index (χ0) is 42.0. The first-order valence-electron chi connectivity index (χ1n) is 21.3. The zero-order valence-electron chi connectivity index (χ0n) is 36.3. The van der Waals surface area contributed by atoms with Crippen LogP contribution < -0.4 is 0 Å². The van der Waals surface area contributed by atoms with E-state index in [9.17, 15) is 20.1 Å². The monoisotopic (exact) mass is 791 g/mol. The first kappa shape index (κ1) is 47.9. The van der Waals surface area contributed by atoms with Crippen molar-refractivity contribution >= 4 is 12.0 Å². The molecule has 0 aromatic heterocycles. The van der Waals surface area contributed by atoms with E-state index in [1.54, 1.807) is 26.0 Å². The number of hydrogen-bond acceptors (Lipinski definition) is 7. The van der Waals surface area contributed by atoms with Crippen LogP contribution in [0.4, 0.5) is 0 Å². The third-order valence-electron chi connectivity index (χ3n) is 16.1. The van der Waals surface area contributed by atoms with Gasteiger partial charge in [0.15, 0.2) is 23.0 Å². The summed E-state index contributed by atoms with van der Waals surface area (Å²) in [5.74, 6) is 1.84. The minimum absolute atomic E-state index is 0. The molecule has 6 rings (SSSR count). The minimum atomic E-state index is -0.355. The van der Waals surface area contributed by atoms with Crippen molar-refractivity contribution in [2.24, 2.45) is 56.7 Å². The molecule has 0 aliphatic heterocycles. The summed E-state index contributed by atoms with van der Waals surface area (Å²) in [5, 5.41) is 48.0. The number of fused-ring (bicyclic) bond motifs is 7. The van der Waals surface area contributed by atoms with E-state index in [0.717, 1.165) is 32.1 Å². The van der Waals surface area contributed by atoms with Crippen LogP contribution in [0.2, 0.25) is 0 Å². The van der Waals surface area contributed by atoms with Gasteiger partial charge in [-0.3, -0.25) is 0 Å². The van der Waals surface area contributed by atoms with Crippen molar-refractivity contribution in [3.8, 4) is 11.5 Å². The molecule has 7 heteroatoms. The largest absolute Gasteiger partial charge is 0.504 e. The topological polar surface area (TPSA) is 127 Å². The lowest BCUT2D eigenvalue weighted by atomic mass is 9.32. The first-order valence-corrected chi connectivity index (χ1v) is 21.3. The van der Waals surface area contributed by atoms with Gasteiger partial charge >= 0.3 is 5.97 Å². The summed E-state index contributed by atoms with van der Waals surface area (Å²) in [4.78, 5) is 13.0. The molecule has 0 bridgehead atoms. The fraction of sp³-hybridized carbons (Fsp3) is 0.660. The average Bonchev–Trinajstić information content (AvgIpc) is 3.55.